The van der Waals surface area contributed by atoms with Crippen molar-refractivity contribution in [3.63, 3.8) is 0 Å². The van der Waals surface area contributed by atoms with Crippen molar-refractivity contribution < 1.29 is 9.90 Å². The molecule has 0 aromatic carbocycles. The number of hydrogen-bond acceptors (Lipinski definition) is 1. The molecule has 2 rings (SSSR count). The minimum atomic E-state index is -0.548. The molecule has 0 saturated heterocycles. The van der Waals surface area contributed by atoms with E-state index in [-0.39, 0.29) is 5.92 Å². The van der Waals surface area contributed by atoms with Crippen molar-refractivity contribution in [3.05, 3.63) is 0 Å². The maximum atomic E-state index is 11.4. The molecule has 1 spiro atoms. The SMILES string of the molecule is O=C(O)C1CCCCCCCCCC2(CCCC2)CC1. The Morgan fingerprint density at radius 2 is 1.20 bits per heavy atom. The quantitative estimate of drug-likeness (QED) is 0.683. The van der Waals surface area contributed by atoms with Gasteiger partial charge in [-0.1, -0.05) is 57.8 Å². The fourth-order valence-electron chi connectivity index (χ4n) is 4.40. The third-order valence-corrected chi connectivity index (χ3v) is 5.80. The Kier molecular flexibility index (Phi) is 6.38. The molecule has 1 atom stereocenters. The van der Waals surface area contributed by atoms with Crippen LogP contribution in [0.1, 0.15) is 96.3 Å². The summed E-state index contributed by atoms with van der Waals surface area (Å²) in [6, 6.07) is 0. The normalized spacial score (nSPS) is 29.3. The maximum absolute atomic E-state index is 11.4. The van der Waals surface area contributed by atoms with E-state index in [9.17, 15) is 9.90 Å². The van der Waals surface area contributed by atoms with E-state index in [4.69, 9.17) is 0 Å². The topological polar surface area (TPSA) is 37.3 Å². The summed E-state index contributed by atoms with van der Waals surface area (Å²) in [5.41, 5.74) is 0.516. The average Bonchev–Trinajstić information content (AvgIpc) is 2.89. The molecule has 2 aliphatic rings. The van der Waals surface area contributed by atoms with Crippen LogP contribution in [-0.2, 0) is 4.79 Å². The van der Waals surface area contributed by atoms with Gasteiger partial charge in [-0.2, -0.15) is 0 Å². The van der Waals surface area contributed by atoms with Gasteiger partial charge in [-0.3, -0.25) is 4.79 Å². The van der Waals surface area contributed by atoms with Crippen molar-refractivity contribution >= 4 is 5.97 Å². The molecule has 116 valence electrons. The van der Waals surface area contributed by atoms with Gasteiger partial charge in [0, 0.05) is 0 Å². The highest BCUT2D eigenvalue weighted by Gasteiger charge is 2.34. The Labute approximate surface area is 124 Å². The summed E-state index contributed by atoms with van der Waals surface area (Å²) in [4.78, 5) is 11.4. The minimum absolute atomic E-state index is 0.0757. The van der Waals surface area contributed by atoms with Crippen LogP contribution < -0.4 is 0 Å². The van der Waals surface area contributed by atoms with Crippen LogP contribution >= 0.6 is 0 Å². The van der Waals surface area contributed by atoms with Gasteiger partial charge >= 0.3 is 5.97 Å². The van der Waals surface area contributed by atoms with Crippen LogP contribution in [0, 0.1) is 11.3 Å². The van der Waals surface area contributed by atoms with Gasteiger partial charge in [-0.25, -0.2) is 0 Å². The van der Waals surface area contributed by atoms with Crippen molar-refractivity contribution in [2.45, 2.75) is 96.3 Å². The molecule has 0 aromatic rings. The van der Waals surface area contributed by atoms with E-state index in [1.165, 1.54) is 77.0 Å². The fraction of sp³-hybridized carbons (Fsp3) is 0.944. The smallest absolute Gasteiger partial charge is 0.306 e. The first-order chi connectivity index (χ1) is 9.72. The molecule has 0 aromatic heterocycles. The number of hydrogen-bond donors (Lipinski definition) is 1. The monoisotopic (exact) mass is 280 g/mol. The highest BCUT2D eigenvalue weighted by Crippen LogP contribution is 2.47. The largest absolute Gasteiger partial charge is 0.481 e. The molecule has 1 unspecified atom stereocenters. The third kappa shape index (κ3) is 4.79. The lowest BCUT2D eigenvalue weighted by Crippen LogP contribution is -2.21. The second-order valence-electron chi connectivity index (χ2n) is 7.29. The first-order valence-electron chi connectivity index (χ1n) is 8.95. The number of carboxylic acids is 1. The highest BCUT2D eigenvalue weighted by atomic mass is 16.4. The number of rotatable bonds is 1. The summed E-state index contributed by atoms with van der Waals surface area (Å²) in [6.45, 7) is 0. The Balaban J connectivity index is 1.94. The van der Waals surface area contributed by atoms with Crippen LogP contribution in [0.5, 0.6) is 0 Å². The summed E-state index contributed by atoms with van der Waals surface area (Å²) in [5.74, 6) is -0.624. The minimum Gasteiger partial charge on any atom is -0.481 e. The van der Waals surface area contributed by atoms with Crippen LogP contribution in [0.3, 0.4) is 0 Å². The predicted octanol–water partition coefficient (Wildman–Crippen LogP) is 5.55. The molecule has 1 N–H and O–H groups in total. The Morgan fingerprint density at radius 3 is 1.80 bits per heavy atom. The van der Waals surface area contributed by atoms with Gasteiger partial charge in [0.05, 0.1) is 5.92 Å². The van der Waals surface area contributed by atoms with E-state index in [0.29, 0.717) is 5.41 Å². The number of carboxylic acid groups (broad SMARTS) is 1. The highest BCUT2D eigenvalue weighted by molar-refractivity contribution is 5.69. The Morgan fingerprint density at radius 1 is 0.700 bits per heavy atom. The van der Waals surface area contributed by atoms with E-state index in [1.807, 2.05) is 0 Å². The Hall–Kier alpha value is -0.530. The fourth-order valence-corrected chi connectivity index (χ4v) is 4.40. The lowest BCUT2D eigenvalue weighted by atomic mass is 9.75. The van der Waals surface area contributed by atoms with Crippen LogP contribution in [0.15, 0.2) is 0 Å². The zero-order chi connectivity index (χ0) is 14.3. The number of carbonyl (C=O) groups is 1. The molecule has 2 fully saturated rings. The lowest BCUT2D eigenvalue weighted by molar-refractivity contribution is -0.142. The molecular weight excluding hydrogens is 248 g/mol. The van der Waals surface area contributed by atoms with Crippen molar-refractivity contribution in [3.8, 4) is 0 Å². The summed E-state index contributed by atoms with van der Waals surface area (Å²) in [5, 5.41) is 9.43. The van der Waals surface area contributed by atoms with Gasteiger partial charge in [0.1, 0.15) is 0 Å². The zero-order valence-corrected chi connectivity index (χ0v) is 13.0. The standard InChI is InChI=1S/C18H32O2/c19-17(20)16-10-6-4-2-1-3-5-7-12-18(15-11-16)13-8-9-14-18/h16H,1-15H2,(H,19,20). The van der Waals surface area contributed by atoms with Crippen molar-refractivity contribution in [2.75, 3.05) is 0 Å². The van der Waals surface area contributed by atoms with Crippen molar-refractivity contribution in [1.82, 2.24) is 0 Å². The van der Waals surface area contributed by atoms with E-state index in [2.05, 4.69) is 0 Å². The molecule has 2 heteroatoms. The van der Waals surface area contributed by atoms with Crippen molar-refractivity contribution in [2.24, 2.45) is 11.3 Å². The summed E-state index contributed by atoms with van der Waals surface area (Å²) < 4.78 is 0. The van der Waals surface area contributed by atoms with E-state index >= 15 is 0 Å². The van der Waals surface area contributed by atoms with Crippen LogP contribution in [0.2, 0.25) is 0 Å². The van der Waals surface area contributed by atoms with Gasteiger partial charge in [0.15, 0.2) is 0 Å². The van der Waals surface area contributed by atoms with Gasteiger partial charge in [0.25, 0.3) is 0 Å². The van der Waals surface area contributed by atoms with Crippen LogP contribution in [0.4, 0.5) is 0 Å². The predicted molar refractivity (Wildman–Crippen MR) is 82.8 cm³/mol. The summed E-state index contributed by atoms with van der Waals surface area (Å²) in [6.07, 6.45) is 19.0. The molecule has 2 aliphatic carbocycles. The Bertz CT molecular complexity index is 292. The number of aliphatic carboxylic acids is 1. The van der Waals surface area contributed by atoms with Crippen LogP contribution in [0.25, 0.3) is 0 Å². The average molecular weight is 280 g/mol. The van der Waals surface area contributed by atoms with Gasteiger partial charge in [0.2, 0.25) is 0 Å². The molecule has 0 radical (unpaired) electrons. The molecule has 2 saturated carbocycles. The molecule has 0 amide bonds. The molecular formula is C18H32O2. The van der Waals surface area contributed by atoms with Crippen molar-refractivity contribution in [1.29, 1.82) is 0 Å². The zero-order valence-electron chi connectivity index (χ0n) is 13.0. The third-order valence-electron chi connectivity index (χ3n) is 5.80. The second kappa shape index (κ2) is 8.05. The maximum Gasteiger partial charge on any atom is 0.306 e. The lowest BCUT2D eigenvalue weighted by Gasteiger charge is -2.30. The van der Waals surface area contributed by atoms with Crippen LogP contribution in [-0.4, -0.2) is 11.1 Å². The summed E-state index contributed by atoms with van der Waals surface area (Å²) in [7, 11) is 0. The first-order valence-corrected chi connectivity index (χ1v) is 8.95. The molecule has 2 nitrogen and oxygen atoms in total. The van der Waals surface area contributed by atoms with E-state index in [1.54, 1.807) is 0 Å². The molecule has 0 heterocycles. The van der Waals surface area contributed by atoms with E-state index in [0.717, 1.165) is 19.3 Å². The molecule has 0 aliphatic heterocycles. The molecule has 0 bridgehead atoms. The van der Waals surface area contributed by atoms with E-state index < -0.39 is 5.97 Å². The first kappa shape index (κ1) is 15.9. The second-order valence-corrected chi connectivity index (χ2v) is 7.29. The van der Waals surface area contributed by atoms with Gasteiger partial charge in [-0.05, 0) is 43.9 Å². The van der Waals surface area contributed by atoms with Gasteiger partial charge in [-0.15, -0.1) is 0 Å². The molecule has 20 heavy (non-hydrogen) atoms. The summed E-state index contributed by atoms with van der Waals surface area (Å²) >= 11 is 0. The van der Waals surface area contributed by atoms with Gasteiger partial charge < -0.3 is 5.11 Å².